The van der Waals surface area contributed by atoms with Gasteiger partial charge in [0, 0.05) is 29.7 Å². The number of amides is 1. The van der Waals surface area contributed by atoms with Crippen LogP contribution >= 0.6 is 0 Å². The Balaban J connectivity index is 1.73. The molecule has 144 valence electrons. The number of pyridine rings is 1. The summed E-state index contributed by atoms with van der Waals surface area (Å²) in [4.78, 5) is 17.5. The van der Waals surface area contributed by atoms with Gasteiger partial charge in [0.1, 0.15) is 17.9 Å². The Morgan fingerprint density at radius 2 is 1.85 bits per heavy atom. The summed E-state index contributed by atoms with van der Waals surface area (Å²) in [6, 6.07) is 1.14. The average Bonchev–Trinajstić information content (AvgIpc) is 3.22. The van der Waals surface area contributed by atoms with Crippen LogP contribution in [0.15, 0.2) is 18.5 Å². The standard InChI is InChI=1S/C18H24F3N3O2/c1-9-13-14(15(13)16(22)25)10(2)24(9)17(3,4)8-26-12-7-23-6-5-11(12)18(19,20)21/h5-7,9-10,13-15H,8H2,1-4H3,(H2,22,25). The van der Waals surface area contributed by atoms with Gasteiger partial charge in [-0.1, -0.05) is 0 Å². The van der Waals surface area contributed by atoms with E-state index >= 15 is 0 Å². The number of hydrogen-bond acceptors (Lipinski definition) is 4. The maximum Gasteiger partial charge on any atom is 0.420 e. The molecule has 5 nitrogen and oxygen atoms in total. The van der Waals surface area contributed by atoms with E-state index in [1.807, 2.05) is 27.7 Å². The topological polar surface area (TPSA) is 68.5 Å². The van der Waals surface area contributed by atoms with Crippen LogP contribution in [0.1, 0.15) is 33.3 Å². The monoisotopic (exact) mass is 371 g/mol. The number of hydrogen-bond donors (Lipinski definition) is 1. The lowest BCUT2D eigenvalue weighted by atomic mass is 9.97. The van der Waals surface area contributed by atoms with Gasteiger partial charge < -0.3 is 10.5 Å². The Hall–Kier alpha value is -1.83. The molecule has 2 aliphatic rings. The van der Waals surface area contributed by atoms with E-state index in [-0.39, 0.29) is 48.1 Å². The van der Waals surface area contributed by atoms with E-state index in [0.717, 1.165) is 18.5 Å². The maximum absolute atomic E-state index is 13.1. The summed E-state index contributed by atoms with van der Waals surface area (Å²) < 4.78 is 44.9. The van der Waals surface area contributed by atoms with Crippen LogP contribution in [0.25, 0.3) is 0 Å². The van der Waals surface area contributed by atoms with Crippen LogP contribution in [-0.2, 0) is 11.0 Å². The van der Waals surface area contributed by atoms with Crippen molar-refractivity contribution >= 4 is 5.91 Å². The summed E-state index contributed by atoms with van der Waals surface area (Å²) in [5.41, 5.74) is 4.13. The first-order chi connectivity index (χ1) is 12.0. The number of carbonyl (C=O) groups excluding carboxylic acids is 1. The number of fused-ring (bicyclic) bond motifs is 1. The maximum atomic E-state index is 13.1. The first-order valence-electron chi connectivity index (χ1n) is 8.68. The number of ether oxygens (including phenoxy) is 1. The van der Waals surface area contributed by atoms with E-state index < -0.39 is 17.3 Å². The van der Waals surface area contributed by atoms with Gasteiger partial charge in [0.05, 0.1) is 6.20 Å². The molecule has 1 aromatic heterocycles. The van der Waals surface area contributed by atoms with Crippen molar-refractivity contribution < 1.29 is 22.7 Å². The van der Waals surface area contributed by atoms with Crippen LogP contribution in [0, 0.1) is 17.8 Å². The van der Waals surface area contributed by atoms with Crippen molar-refractivity contribution in [3.8, 4) is 5.75 Å². The molecule has 8 heteroatoms. The van der Waals surface area contributed by atoms with Crippen molar-refractivity contribution in [1.29, 1.82) is 0 Å². The number of rotatable bonds is 5. The van der Waals surface area contributed by atoms with Gasteiger partial charge in [-0.05, 0) is 45.6 Å². The molecule has 0 bridgehead atoms. The van der Waals surface area contributed by atoms with Gasteiger partial charge in [-0.25, -0.2) is 0 Å². The molecule has 1 amide bonds. The largest absolute Gasteiger partial charge is 0.489 e. The molecule has 4 unspecified atom stereocenters. The zero-order valence-electron chi connectivity index (χ0n) is 15.2. The molecule has 0 aromatic carbocycles. The Bertz CT molecular complexity index is 691. The van der Waals surface area contributed by atoms with Gasteiger partial charge in [0.2, 0.25) is 5.91 Å². The highest BCUT2D eigenvalue weighted by Gasteiger charge is 2.67. The first kappa shape index (κ1) is 18.9. The minimum absolute atomic E-state index is 0.0805. The smallest absolute Gasteiger partial charge is 0.420 e. The SMILES string of the molecule is CC1C2C(C(N)=O)C2C(C)N1C(C)(C)COc1cnccc1C(F)(F)F. The average molecular weight is 371 g/mol. The lowest BCUT2D eigenvalue weighted by Crippen LogP contribution is -2.55. The molecule has 1 saturated carbocycles. The van der Waals surface area contributed by atoms with Crippen LogP contribution in [0.5, 0.6) is 5.75 Å². The molecule has 1 aliphatic carbocycles. The van der Waals surface area contributed by atoms with E-state index in [1.165, 1.54) is 0 Å². The predicted molar refractivity (Wildman–Crippen MR) is 89.2 cm³/mol. The zero-order valence-corrected chi connectivity index (χ0v) is 15.2. The Morgan fingerprint density at radius 3 is 2.35 bits per heavy atom. The molecular formula is C18H24F3N3O2. The minimum Gasteiger partial charge on any atom is -0.489 e. The zero-order chi connectivity index (χ0) is 19.4. The third kappa shape index (κ3) is 3.04. The summed E-state index contributed by atoms with van der Waals surface area (Å²) in [5, 5.41) is 0. The number of likely N-dealkylation sites (tertiary alicyclic amines) is 1. The van der Waals surface area contributed by atoms with Crippen molar-refractivity contribution in [2.24, 2.45) is 23.5 Å². The normalized spacial score (nSPS) is 31.6. The number of nitrogens with zero attached hydrogens (tertiary/aromatic N) is 2. The molecule has 2 heterocycles. The molecule has 26 heavy (non-hydrogen) atoms. The van der Waals surface area contributed by atoms with Gasteiger partial charge in [-0.15, -0.1) is 0 Å². The number of piperidine rings is 1. The lowest BCUT2D eigenvalue weighted by molar-refractivity contribution is -0.139. The number of halogens is 3. The molecule has 2 N–H and O–H groups in total. The Labute approximate surface area is 150 Å². The van der Waals surface area contributed by atoms with Gasteiger partial charge in [0.15, 0.2) is 0 Å². The van der Waals surface area contributed by atoms with Gasteiger partial charge in [0.25, 0.3) is 0 Å². The van der Waals surface area contributed by atoms with E-state index in [0.29, 0.717) is 0 Å². The van der Waals surface area contributed by atoms with Crippen molar-refractivity contribution in [3.63, 3.8) is 0 Å². The molecule has 1 aliphatic heterocycles. The van der Waals surface area contributed by atoms with Crippen LogP contribution in [0.4, 0.5) is 13.2 Å². The van der Waals surface area contributed by atoms with Crippen LogP contribution < -0.4 is 10.5 Å². The highest BCUT2D eigenvalue weighted by molar-refractivity contribution is 5.81. The highest BCUT2D eigenvalue weighted by atomic mass is 19.4. The molecule has 0 spiro atoms. The lowest BCUT2D eigenvalue weighted by Gasteiger charge is -2.43. The molecular weight excluding hydrogens is 347 g/mol. The quantitative estimate of drug-likeness (QED) is 0.864. The molecule has 0 radical (unpaired) electrons. The van der Waals surface area contributed by atoms with E-state index in [9.17, 15) is 18.0 Å². The summed E-state index contributed by atoms with van der Waals surface area (Å²) >= 11 is 0. The number of alkyl halides is 3. The molecule has 4 atom stereocenters. The van der Waals surface area contributed by atoms with E-state index in [4.69, 9.17) is 10.5 Å². The number of aromatic nitrogens is 1. The fourth-order valence-corrected chi connectivity index (χ4v) is 4.88. The number of nitrogens with two attached hydrogens (primary N) is 1. The second-order valence-electron chi connectivity index (χ2n) is 7.94. The third-order valence-electron chi connectivity index (χ3n) is 5.82. The summed E-state index contributed by atoms with van der Waals surface area (Å²) in [6.45, 7) is 8.03. The van der Waals surface area contributed by atoms with Crippen molar-refractivity contribution in [2.45, 2.75) is 51.5 Å². The van der Waals surface area contributed by atoms with Crippen LogP contribution in [-0.4, -0.2) is 40.0 Å². The van der Waals surface area contributed by atoms with Gasteiger partial charge in [-0.2, -0.15) is 13.2 Å². The summed E-state index contributed by atoms with van der Waals surface area (Å²) in [5.74, 6) is -0.203. The van der Waals surface area contributed by atoms with E-state index in [2.05, 4.69) is 9.88 Å². The van der Waals surface area contributed by atoms with Crippen molar-refractivity contribution in [3.05, 3.63) is 24.0 Å². The van der Waals surface area contributed by atoms with Crippen molar-refractivity contribution in [1.82, 2.24) is 9.88 Å². The summed E-state index contributed by atoms with van der Waals surface area (Å²) in [7, 11) is 0. The van der Waals surface area contributed by atoms with Crippen LogP contribution in [0.3, 0.4) is 0 Å². The second-order valence-corrected chi connectivity index (χ2v) is 7.94. The first-order valence-corrected chi connectivity index (χ1v) is 8.68. The van der Waals surface area contributed by atoms with E-state index in [1.54, 1.807) is 0 Å². The fourth-order valence-electron chi connectivity index (χ4n) is 4.88. The molecule has 2 fully saturated rings. The Kier molecular flexibility index (Phi) is 4.45. The Morgan fingerprint density at radius 1 is 1.27 bits per heavy atom. The number of carbonyl (C=O) groups is 1. The van der Waals surface area contributed by atoms with Gasteiger partial charge in [-0.3, -0.25) is 14.7 Å². The molecule has 1 aromatic rings. The van der Waals surface area contributed by atoms with Gasteiger partial charge >= 0.3 is 6.18 Å². The third-order valence-corrected chi connectivity index (χ3v) is 5.82. The van der Waals surface area contributed by atoms with Crippen molar-refractivity contribution in [2.75, 3.05) is 6.61 Å². The minimum atomic E-state index is -4.49. The highest BCUT2D eigenvalue weighted by Crippen LogP contribution is 2.60. The fraction of sp³-hybridized carbons (Fsp3) is 0.667. The summed E-state index contributed by atoms with van der Waals surface area (Å²) in [6.07, 6.45) is -2.30. The molecule has 1 saturated heterocycles. The molecule has 3 rings (SSSR count). The predicted octanol–water partition coefficient (Wildman–Crippen LogP) is 2.70. The number of primary amides is 1. The van der Waals surface area contributed by atoms with Crippen LogP contribution in [0.2, 0.25) is 0 Å². The second kappa shape index (κ2) is 6.11.